The molecule has 172 valence electrons. The van der Waals surface area contributed by atoms with E-state index in [2.05, 4.69) is 5.32 Å². The minimum absolute atomic E-state index is 0.0757. The summed E-state index contributed by atoms with van der Waals surface area (Å²) in [5.41, 5.74) is 0.311. The molecule has 0 aromatic heterocycles. The molecule has 3 rings (SSSR count). The maximum Gasteiger partial charge on any atom is 0.416 e. The Bertz CT molecular complexity index is 1190. The SMILES string of the molecule is Cc1cc(C)c(S(=O)(=O)N2C(=O)CCC2C(=O)Nc2cc(C(F)(F)F)ccc2Cl)c(C)c1. The highest BCUT2D eigenvalue weighted by atomic mass is 35.5. The van der Waals surface area contributed by atoms with Crippen molar-refractivity contribution in [3.8, 4) is 0 Å². The number of halogens is 4. The third kappa shape index (κ3) is 4.47. The van der Waals surface area contributed by atoms with Gasteiger partial charge in [0.05, 0.1) is 21.2 Å². The third-order valence-electron chi connectivity index (χ3n) is 5.14. The van der Waals surface area contributed by atoms with Crippen LogP contribution < -0.4 is 5.32 Å². The normalized spacial score (nSPS) is 17.0. The minimum Gasteiger partial charge on any atom is -0.323 e. The average molecular weight is 489 g/mol. The minimum atomic E-state index is -4.66. The van der Waals surface area contributed by atoms with E-state index < -0.39 is 39.6 Å². The van der Waals surface area contributed by atoms with Gasteiger partial charge in [0.25, 0.3) is 10.0 Å². The van der Waals surface area contributed by atoms with Crippen LogP contribution in [0.25, 0.3) is 0 Å². The van der Waals surface area contributed by atoms with Crippen LogP contribution in [0, 0.1) is 20.8 Å². The number of alkyl halides is 3. The van der Waals surface area contributed by atoms with Crippen LogP contribution in [0.15, 0.2) is 35.2 Å². The molecule has 0 aliphatic carbocycles. The number of carbonyl (C=O) groups is 2. The summed E-state index contributed by atoms with van der Waals surface area (Å²) in [5.74, 6) is -1.71. The topological polar surface area (TPSA) is 83.6 Å². The van der Waals surface area contributed by atoms with Gasteiger partial charge in [0, 0.05) is 6.42 Å². The van der Waals surface area contributed by atoms with Gasteiger partial charge in [-0.25, -0.2) is 12.7 Å². The Hall–Kier alpha value is -2.59. The van der Waals surface area contributed by atoms with Gasteiger partial charge < -0.3 is 5.32 Å². The number of nitrogens with zero attached hydrogens (tertiary/aromatic N) is 1. The molecule has 2 aromatic carbocycles. The van der Waals surface area contributed by atoms with Crippen molar-refractivity contribution < 1.29 is 31.2 Å². The number of hydrogen-bond acceptors (Lipinski definition) is 4. The van der Waals surface area contributed by atoms with Gasteiger partial charge in [0.2, 0.25) is 11.8 Å². The Labute approximate surface area is 188 Å². The van der Waals surface area contributed by atoms with E-state index in [4.69, 9.17) is 11.6 Å². The van der Waals surface area contributed by atoms with Gasteiger partial charge in [0.15, 0.2) is 0 Å². The zero-order valence-electron chi connectivity index (χ0n) is 17.4. The summed E-state index contributed by atoms with van der Waals surface area (Å²) < 4.78 is 66.3. The average Bonchev–Trinajstić information content (AvgIpc) is 3.04. The first-order valence-corrected chi connectivity index (χ1v) is 11.4. The first kappa shape index (κ1) is 24.1. The predicted molar refractivity (Wildman–Crippen MR) is 113 cm³/mol. The lowest BCUT2D eigenvalue weighted by atomic mass is 10.1. The Morgan fingerprint density at radius 1 is 1.12 bits per heavy atom. The number of nitrogens with one attached hydrogen (secondary N) is 1. The smallest absolute Gasteiger partial charge is 0.323 e. The Kier molecular flexibility index (Phi) is 6.32. The highest BCUT2D eigenvalue weighted by Crippen LogP contribution is 2.35. The van der Waals surface area contributed by atoms with Crippen LogP contribution in [0.2, 0.25) is 5.02 Å². The molecule has 1 aliphatic heterocycles. The fourth-order valence-corrected chi connectivity index (χ4v) is 6.07. The Morgan fingerprint density at radius 2 is 1.72 bits per heavy atom. The number of carbonyl (C=O) groups excluding carboxylic acids is 2. The lowest BCUT2D eigenvalue weighted by Gasteiger charge is -2.25. The fourth-order valence-electron chi connectivity index (χ4n) is 3.89. The lowest BCUT2D eigenvalue weighted by molar-refractivity contribution is -0.137. The molecule has 1 unspecified atom stereocenters. The zero-order valence-corrected chi connectivity index (χ0v) is 19.0. The van der Waals surface area contributed by atoms with Crippen molar-refractivity contribution in [3.05, 3.63) is 57.6 Å². The summed E-state index contributed by atoms with van der Waals surface area (Å²) in [4.78, 5) is 25.3. The molecule has 32 heavy (non-hydrogen) atoms. The van der Waals surface area contributed by atoms with E-state index in [-0.39, 0.29) is 28.4 Å². The molecule has 0 radical (unpaired) electrons. The number of aryl methyl sites for hydroxylation is 3. The van der Waals surface area contributed by atoms with Crippen LogP contribution >= 0.6 is 11.6 Å². The zero-order chi connectivity index (χ0) is 24.0. The highest BCUT2D eigenvalue weighted by Gasteiger charge is 2.45. The number of benzene rings is 2. The molecule has 1 heterocycles. The molecule has 1 saturated heterocycles. The maximum absolute atomic E-state index is 13.4. The molecule has 1 aliphatic rings. The van der Waals surface area contributed by atoms with Crippen molar-refractivity contribution in [2.24, 2.45) is 0 Å². The van der Waals surface area contributed by atoms with Gasteiger partial charge >= 0.3 is 6.18 Å². The first-order valence-electron chi connectivity index (χ1n) is 9.56. The molecule has 1 atom stereocenters. The summed E-state index contributed by atoms with van der Waals surface area (Å²) in [6.45, 7) is 4.97. The van der Waals surface area contributed by atoms with Crippen LogP contribution in [0.4, 0.5) is 18.9 Å². The van der Waals surface area contributed by atoms with Crippen LogP contribution in [0.1, 0.15) is 35.1 Å². The summed E-state index contributed by atoms with van der Waals surface area (Å²) in [6, 6.07) is 4.28. The van der Waals surface area contributed by atoms with Gasteiger partial charge in [-0.05, 0) is 56.5 Å². The van der Waals surface area contributed by atoms with E-state index in [0.29, 0.717) is 21.5 Å². The van der Waals surface area contributed by atoms with Crippen molar-refractivity contribution in [1.82, 2.24) is 4.31 Å². The summed E-state index contributed by atoms with van der Waals surface area (Å²) >= 11 is 5.92. The van der Waals surface area contributed by atoms with Crippen molar-refractivity contribution in [2.75, 3.05) is 5.32 Å². The molecule has 2 aromatic rings. The molecule has 0 spiro atoms. The molecule has 11 heteroatoms. The van der Waals surface area contributed by atoms with Gasteiger partial charge in [-0.3, -0.25) is 9.59 Å². The van der Waals surface area contributed by atoms with Crippen LogP contribution in [0.3, 0.4) is 0 Å². The van der Waals surface area contributed by atoms with Crippen LogP contribution in [-0.2, 0) is 25.8 Å². The Morgan fingerprint density at radius 3 is 2.28 bits per heavy atom. The number of rotatable bonds is 4. The van der Waals surface area contributed by atoms with E-state index in [1.54, 1.807) is 32.9 Å². The lowest BCUT2D eigenvalue weighted by Crippen LogP contribution is -2.45. The molecular formula is C21H20ClF3N2O4S. The van der Waals surface area contributed by atoms with Crippen molar-refractivity contribution in [1.29, 1.82) is 0 Å². The van der Waals surface area contributed by atoms with E-state index in [0.717, 1.165) is 17.7 Å². The van der Waals surface area contributed by atoms with E-state index >= 15 is 0 Å². The fraction of sp³-hybridized carbons (Fsp3) is 0.333. The summed E-state index contributed by atoms with van der Waals surface area (Å²) in [5, 5.41) is 2.09. The van der Waals surface area contributed by atoms with E-state index in [1.165, 1.54) is 0 Å². The molecule has 1 N–H and O–H groups in total. The second kappa shape index (κ2) is 8.40. The molecule has 6 nitrogen and oxygen atoms in total. The standard InChI is InChI=1S/C21H20ClF3N2O4S/c1-11-8-12(2)19(13(3)9-11)32(30,31)27-17(6-7-18(27)28)20(29)26-16-10-14(21(23,24)25)4-5-15(16)22/h4-5,8-10,17H,6-7H2,1-3H3,(H,26,29). The Balaban J connectivity index is 1.97. The number of amides is 2. The largest absolute Gasteiger partial charge is 0.416 e. The third-order valence-corrected chi connectivity index (χ3v) is 7.60. The molecule has 0 saturated carbocycles. The summed E-state index contributed by atoms with van der Waals surface area (Å²) in [7, 11) is -4.38. The second-order valence-electron chi connectivity index (χ2n) is 7.66. The number of anilines is 1. The highest BCUT2D eigenvalue weighted by molar-refractivity contribution is 7.89. The van der Waals surface area contributed by atoms with Gasteiger partial charge in [-0.15, -0.1) is 0 Å². The molecule has 1 fully saturated rings. The maximum atomic E-state index is 13.4. The predicted octanol–water partition coefficient (Wildman–Crippen LogP) is 4.60. The van der Waals surface area contributed by atoms with Crippen molar-refractivity contribution >= 4 is 39.1 Å². The van der Waals surface area contributed by atoms with Crippen LogP contribution in [0.5, 0.6) is 0 Å². The van der Waals surface area contributed by atoms with Gasteiger partial charge in [-0.2, -0.15) is 13.2 Å². The molecule has 0 bridgehead atoms. The molecule has 2 amide bonds. The van der Waals surface area contributed by atoms with E-state index in [9.17, 15) is 31.2 Å². The second-order valence-corrected chi connectivity index (χ2v) is 9.82. The van der Waals surface area contributed by atoms with Crippen LogP contribution in [-0.4, -0.2) is 30.6 Å². The molecular weight excluding hydrogens is 469 g/mol. The number of sulfonamides is 1. The van der Waals surface area contributed by atoms with Gasteiger partial charge in [0.1, 0.15) is 6.04 Å². The summed E-state index contributed by atoms with van der Waals surface area (Å²) in [6.07, 6.45) is -4.97. The van der Waals surface area contributed by atoms with Crippen molar-refractivity contribution in [2.45, 2.75) is 50.7 Å². The van der Waals surface area contributed by atoms with Crippen molar-refractivity contribution in [3.63, 3.8) is 0 Å². The first-order chi connectivity index (χ1) is 14.7. The monoisotopic (exact) mass is 488 g/mol. The van der Waals surface area contributed by atoms with Gasteiger partial charge in [-0.1, -0.05) is 29.3 Å². The number of hydrogen-bond donors (Lipinski definition) is 1. The quantitative estimate of drug-likeness (QED) is 0.681. The van der Waals surface area contributed by atoms with E-state index in [1.807, 2.05) is 0 Å².